The van der Waals surface area contributed by atoms with Gasteiger partial charge in [0.15, 0.2) is 0 Å². The van der Waals surface area contributed by atoms with Crippen LogP contribution < -0.4 is 10.6 Å². The number of halogens is 7. The molecule has 0 radical (unpaired) electrons. The summed E-state index contributed by atoms with van der Waals surface area (Å²) in [7, 11) is 0. The van der Waals surface area contributed by atoms with Gasteiger partial charge in [0.2, 0.25) is 11.8 Å². The van der Waals surface area contributed by atoms with Crippen LogP contribution in [0, 0.1) is 0 Å². The summed E-state index contributed by atoms with van der Waals surface area (Å²) >= 11 is 2.87. The van der Waals surface area contributed by atoms with Crippen molar-refractivity contribution in [3.8, 4) is 0 Å². The van der Waals surface area contributed by atoms with Gasteiger partial charge in [-0.15, -0.1) is 0 Å². The number of nitrogens with one attached hydrogen (secondary N) is 2. The molecule has 3 fully saturated rings. The second-order valence-electron chi connectivity index (χ2n) is 14.1. The number of alkyl halides is 7. The number of Topliss-reactive ketones (excluding diaryl/α,β-unsaturated/α-hetero) is 1. The minimum atomic E-state index is -4.99. The van der Waals surface area contributed by atoms with Gasteiger partial charge in [0.25, 0.3) is 11.6 Å². The number of carbonyl (C=O) groups excluding carboxylic acids is 3. The highest BCUT2D eigenvalue weighted by Gasteiger charge is 2.58. The van der Waals surface area contributed by atoms with Crippen LogP contribution in [0.15, 0.2) is 48.5 Å². The Hall–Kier alpha value is -3.05. The smallest absolute Gasteiger partial charge is 0.357 e. The first kappa shape index (κ1) is 43.7. The van der Waals surface area contributed by atoms with Crippen molar-refractivity contribution in [3.05, 3.63) is 70.8 Å². The zero-order valence-corrected chi connectivity index (χ0v) is 31.8. The van der Waals surface area contributed by atoms with E-state index in [1.165, 1.54) is 22.3 Å². The van der Waals surface area contributed by atoms with Gasteiger partial charge in [0.05, 0.1) is 24.0 Å². The molecule has 0 aromatic heterocycles. The molecule has 16 heteroatoms. The van der Waals surface area contributed by atoms with E-state index in [0.29, 0.717) is 37.9 Å². The van der Waals surface area contributed by atoms with E-state index in [9.17, 15) is 40.7 Å². The number of amides is 2. The third-order valence-electron chi connectivity index (χ3n) is 10.5. The Morgan fingerprint density at radius 3 is 1.91 bits per heavy atom. The number of ketones is 1. The monoisotopic (exact) mass is 834 g/mol. The normalized spacial score (nSPS) is 21.6. The zero-order chi connectivity index (χ0) is 39.7. The summed E-state index contributed by atoms with van der Waals surface area (Å²) in [6.45, 7) is 5.01. The number of carbonyl (C=O) groups is 3. The molecule has 0 bridgehead atoms. The van der Waals surface area contributed by atoms with Gasteiger partial charge < -0.3 is 30.6 Å². The number of rotatable bonds is 8. The first-order valence-electron chi connectivity index (χ1n) is 18.3. The van der Waals surface area contributed by atoms with Crippen LogP contribution in [0.3, 0.4) is 0 Å². The predicted molar refractivity (Wildman–Crippen MR) is 194 cm³/mol. The van der Waals surface area contributed by atoms with Gasteiger partial charge in [0, 0.05) is 25.0 Å². The van der Waals surface area contributed by atoms with E-state index in [1.807, 2.05) is 4.90 Å². The molecule has 1 aliphatic carbocycles. The molecule has 2 amide bonds. The fourth-order valence-electron chi connectivity index (χ4n) is 7.63. The molecule has 3 heterocycles. The molecule has 2 aromatic rings. The van der Waals surface area contributed by atoms with Crippen molar-refractivity contribution in [2.24, 2.45) is 0 Å². The first-order chi connectivity index (χ1) is 25.5. The maximum absolute atomic E-state index is 12.4. The molecule has 3 aliphatic heterocycles. The summed E-state index contributed by atoms with van der Waals surface area (Å²) < 4.78 is 72.3. The number of aryl methyl sites for hydroxylation is 2. The number of aliphatic hydroxyl groups is 2. The molecule has 300 valence electrons. The van der Waals surface area contributed by atoms with E-state index in [1.54, 1.807) is 0 Å². The van der Waals surface area contributed by atoms with Crippen LogP contribution in [0.2, 0.25) is 0 Å². The van der Waals surface area contributed by atoms with Gasteiger partial charge >= 0.3 is 12.4 Å². The molecule has 2 aromatic carbocycles. The molecule has 3 saturated heterocycles. The van der Waals surface area contributed by atoms with Crippen LogP contribution in [-0.2, 0) is 27.2 Å². The fourth-order valence-corrected chi connectivity index (χ4v) is 7.95. The molecule has 0 spiro atoms. The lowest BCUT2D eigenvalue weighted by Gasteiger charge is -2.30. The van der Waals surface area contributed by atoms with E-state index in [-0.39, 0.29) is 30.6 Å². The number of likely N-dealkylation sites (tertiary alicyclic amines) is 2. The quantitative estimate of drug-likeness (QED) is 0.122. The van der Waals surface area contributed by atoms with Crippen molar-refractivity contribution in [2.45, 2.75) is 107 Å². The molecule has 3 unspecified atom stereocenters. The largest absolute Gasteiger partial charge is 0.452 e. The van der Waals surface area contributed by atoms with Gasteiger partial charge in [-0.05, 0) is 100 Å². The zero-order valence-electron chi connectivity index (χ0n) is 30.2. The molecular formula is C38H49BrF6N4O5. The average Bonchev–Trinajstić information content (AvgIpc) is 3.92. The van der Waals surface area contributed by atoms with Crippen molar-refractivity contribution in [1.29, 1.82) is 0 Å². The molecule has 6 rings (SSSR count). The van der Waals surface area contributed by atoms with Crippen LogP contribution in [0.1, 0.15) is 80.0 Å². The van der Waals surface area contributed by atoms with Gasteiger partial charge in [-0.2, -0.15) is 26.3 Å². The molecule has 0 saturated carbocycles. The van der Waals surface area contributed by atoms with Gasteiger partial charge in [0.1, 0.15) is 0 Å². The Bertz CT molecular complexity index is 1520. The van der Waals surface area contributed by atoms with Gasteiger partial charge in [-0.3, -0.25) is 14.4 Å². The number of benzene rings is 2. The summed E-state index contributed by atoms with van der Waals surface area (Å²) in [5.41, 5.74) is 5.87. The minimum Gasteiger partial charge on any atom is -0.357 e. The SMILES string of the molecule is CC1CCCN1C(=O)CNCCC1c2ccccc2CCc2ccccc21.O=C(CBr)N1CCCC1C(=O)C(F)(F)F.OC(O)(C1CCCN1)C(F)(F)F. The molecule has 54 heavy (non-hydrogen) atoms. The Kier molecular flexibility index (Phi) is 15.5. The minimum absolute atomic E-state index is 0.0609. The lowest BCUT2D eigenvalue weighted by molar-refractivity contribution is -0.358. The molecular weight excluding hydrogens is 786 g/mol. The Balaban J connectivity index is 0.000000203. The van der Waals surface area contributed by atoms with E-state index >= 15 is 0 Å². The van der Waals surface area contributed by atoms with Crippen LogP contribution in [0.25, 0.3) is 0 Å². The Labute approximate surface area is 320 Å². The standard InChI is InChI=1S/C24H30N2O.C8H9BrF3NO2.C6H10F3NO2/c1-18-7-6-16-26(18)24(27)17-25-15-14-23-21-10-4-2-8-19(21)12-13-20-9-3-5-11-22(20)23;9-4-6(14)13-3-1-2-5(13)7(15)8(10,11)12;7-6(8,9)5(11,12)4-2-1-3-10-4/h2-5,8-11,18,23,25H,6-7,12-17H2,1H3;5H,1-4H2;4,10-12H,1-3H2. The third kappa shape index (κ3) is 11.0. The third-order valence-corrected chi connectivity index (χ3v) is 11.0. The summed E-state index contributed by atoms with van der Waals surface area (Å²) in [5, 5.41) is 23.2. The summed E-state index contributed by atoms with van der Waals surface area (Å²) in [4.78, 5) is 37.6. The molecule has 3 atom stereocenters. The van der Waals surface area contributed by atoms with Crippen molar-refractivity contribution < 1.29 is 50.9 Å². The second-order valence-corrected chi connectivity index (χ2v) is 14.7. The Morgan fingerprint density at radius 1 is 0.833 bits per heavy atom. The van der Waals surface area contributed by atoms with Gasteiger partial charge in [-0.25, -0.2) is 0 Å². The lowest BCUT2D eigenvalue weighted by atomic mass is 9.86. The molecule has 4 N–H and O–H groups in total. The van der Waals surface area contributed by atoms with Crippen molar-refractivity contribution in [2.75, 3.05) is 38.1 Å². The van der Waals surface area contributed by atoms with E-state index in [0.717, 1.165) is 50.1 Å². The fraction of sp³-hybridized carbons (Fsp3) is 0.605. The van der Waals surface area contributed by atoms with Crippen molar-refractivity contribution >= 4 is 33.5 Å². The van der Waals surface area contributed by atoms with E-state index < -0.39 is 41.9 Å². The van der Waals surface area contributed by atoms with Gasteiger partial charge in [-0.1, -0.05) is 64.5 Å². The molecule has 9 nitrogen and oxygen atoms in total. The number of fused-ring (bicyclic) bond motifs is 2. The van der Waals surface area contributed by atoms with E-state index in [4.69, 9.17) is 10.2 Å². The number of nitrogens with zero attached hydrogens (tertiary/aromatic N) is 2. The number of hydrogen-bond donors (Lipinski definition) is 4. The predicted octanol–water partition coefficient (Wildman–Crippen LogP) is 5.39. The molecule has 4 aliphatic rings. The van der Waals surface area contributed by atoms with Crippen LogP contribution >= 0.6 is 15.9 Å². The average molecular weight is 836 g/mol. The summed E-state index contributed by atoms with van der Waals surface area (Å²) in [5.74, 6) is -5.23. The first-order valence-corrected chi connectivity index (χ1v) is 19.5. The maximum Gasteiger partial charge on any atom is 0.452 e. The van der Waals surface area contributed by atoms with Crippen LogP contribution in [0.5, 0.6) is 0 Å². The lowest BCUT2D eigenvalue weighted by Crippen LogP contribution is -2.57. The van der Waals surface area contributed by atoms with Crippen molar-refractivity contribution in [1.82, 2.24) is 20.4 Å². The highest BCUT2D eigenvalue weighted by atomic mass is 79.9. The van der Waals surface area contributed by atoms with Crippen LogP contribution in [0.4, 0.5) is 26.3 Å². The topological polar surface area (TPSA) is 122 Å². The van der Waals surface area contributed by atoms with E-state index in [2.05, 4.69) is 82.0 Å². The highest BCUT2D eigenvalue weighted by Crippen LogP contribution is 2.36. The van der Waals surface area contributed by atoms with Crippen LogP contribution in [-0.4, -0.2) is 112 Å². The number of hydrogen-bond acceptors (Lipinski definition) is 7. The van der Waals surface area contributed by atoms with Crippen molar-refractivity contribution in [3.63, 3.8) is 0 Å². The Morgan fingerprint density at radius 2 is 1.41 bits per heavy atom. The second kappa shape index (κ2) is 19.2. The summed E-state index contributed by atoms with van der Waals surface area (Å²) in [6, 6.07) is 15.5. The summed E-state index contributed by atoms with van der Waals surface area (Å²) in [6.07, 6.45) is -3.13. The highest BCUT2D eigenvalue weighted by molar-refractivity contribution is 9.09. The maximum atomic E-state index is 12.4.